The molecule has 0 aliphatic carbocycles. The van der Waals surface area contributed by atoms with E-state index in [9.17, 15) is 9.18 Å². The Hall–Kier alpha value is -2.21. The number of aromatic nitrogens is 2. The number of rotatable bonds is 3. The Morgan fingerprint density at radius 1 is 1.42 bits per heavy atom. The topological polar surface area (TPSA) is 47.4 Å². The van der Waals surface area contributed by atoms with E-state index < -0.39 is 5.82 Å². The standard InChI is InChI=1S/C13H14FN3O2/c1-9-10(13(18)16(2)19-3)8-15-17(9)12-7-5-4-6-11(12)14/h4-8H,1-3H3. The summed E-state index contributed by atoms with van der Waals surface area (Å²) in [5.74, 6) is -0.726. The van der Waals surface area contributed by atoms with Gasteiger partial charge in [0, 0.05) is 7.05 Å². The minimum absolute atomic E-state index is 0.305. The second-order valence-electron chi connectivity index (χ2n) is 3.99. The van der Waals surface area contributed by atoms with E-state index in [0.717, 1.165) is 5.06 Å². The number of carbonyl (C=O) groups is 1. The van der Waals surface area contributed by atoms with Gasteiger partial charge in [0.15, 0.2) is 0 Å². The van der Waals surface area contributed by atoms with E-state index in [-0.39, 0.29) is 5.91 Å². The monoisotopic (exact) mass is 263 g/mol. The van der Waals surface area contributed by atoms with Gasteiger partial charge in [-0.25, -0.2) is 14.1 Å². The van der Waals surface area contributed by atoms with Crippen molar-refractivity contribution in [3.05, 3.63) is 47.5 Å². The Balaban J connectivity index is 2.45. The van der Waals surface area contributed by atoms with Crippen molar-refractivity contribution in [2.24, 2.45) is 0 Å². The SMILES string of the molecule is CON(C)C(=O)c1cnn(-c2ccccc2F)c1C. The number of nitrogens with zero attached hydrogens (tertiary/aromatic N) is 3. The van der Waals surface area contributed by atoms with E-state index in [4.69, 9.17) is 4.84 Å². The molecule has 0 N–H and O–H groups in total. The van der Waals surface area contributed by atoms with Crippen molar-refractivity contribution in [2.75, 3.05) is 14.2 Å². The second-order valence-corrected chi connectivity index (χ2v) is 3.99. The van der Waals surface area contributed by atoms with Crippen LogP contribution in [0.25, 0.3) is 5.69 Å². The molecule has 0 fully saturated rings. The first-order valence-electron chi connectivity index (χ1n) is 5.68. The number of amides is 1. The maximum absolute atomic E-state index is 13.7. The molecule has 0 radical (unpaired) electrons. The van der Waals surface area contributed by atoms with Crippen LogP contribution in [0.15, 0.2) is 30.5 Å². The van der Waals surface area contributed by atoms with E-state index in [1.54, 1.807) is 25.1 Å². The smallest absolute Gasteiger partial charge is 0.274 e. The van der Waals surface area contributed by atoms with Crippen molar-refractivity contribution in [2.45, 2.75) is 6.92 Å². The molecular formula is C13H14FN3O2. The van der Waals surface area contributed by atoms with Gasteiger partial charge in [0.25, 0.3) is 5.91 Å². The zero-order valence-corrected chi connectivity index (χ0v) is 10.9. The molecule has 1 heterocycles. The van der Waals surface area contributed by atoms with Crippen LogP contribution in [0.5, 0.6) is 0 Å². The molecule has 0 aliphatic rings. The van der Waals surface area contributed by atoms with Crippen molar-refractivity contribution in [1.82, 2.24) is 14.8 Å². The lowest BCUT2D eigenvalue weighted by Gasteiger charge is -2.13. The molecule has 2 aromatic rings. The van der Waals surface area contributed by atoms with Gasteiger partial charge in [-0.1, -0.05) is 12.1 Å². The molecule has 5 nitrogen and oxygen atoms in total. The fraction of sp³-hybridized carbons (Fsp3) is 0.231. The average molecular weight is 263 g/mol. The van der Waals surface area contributed by atoms with Crippen LogP contribution in [0.3, 0.4) is 0 Å². The number of benzene rings is 1. The van der Waals surface area contributed by atoms with E-state index in [0.29, 0.717) is 16.9 Å². The zero-order chi connectivity index (χ0) is 14.0. The number of para-hydroxylation sites is 1. The first-order valence-corrected chi connectivity index (χ1v) is 5.68. The van der Waals surface area contributed by atoms with Crippen LogP contribution in [0.2, 0.25) is 0 Å². The fourth-order valence-corrected chi connectivity index (χ4v) is 1.74. The molecule has 19 heavy (non-hydrogen) atoms. The summed E-state index contributed by atoms with van der Waals surface area (Å²) >= 11 is 0. The van der Waals surface area contributed by atoms with E-state index in [1.807, 2.05) is 0 Å². The van der Waals surface area contributed by atoms with Gasteiger partial charge >= 0.3 is 0 Å². The van der Waals surface area contributed by atoms with Crippen LogP contribution >= 0.6 is 0 Å². The molecule has 0 unspecified atom stereocenters. The van der Waals surface area contributed by atoms with Gasteiger partial charge in [-0.15, -0.1) is 0 Å². The van der Waals surface area contributed by atoms with Crippen molar-refractivity contribution in [3.63, 3.8) is 0 Å². The van der Waals surface area contributed by atoms with Crippen LogP contribution in [0.1, 0.15) is 16.1 Å². The van der Waals surface area contributed by atoms with Crippen molar-refractivity contribution in [3.8, 4) is 5.69 Å². The Morgan fingerprint density at radius 3 is 2.74 bits per heavy atom. The number of hydrogen-bond donors (Lipinski definition) is 0. The molecule has 0 aliphatic heterocycles. The molecule has 1 aromatic heterocycles. The molecular weight excluding hydrogens is 249 g/mol. The number of hydrogen-bond acceptors (Lipinski definition) is 3. The number of carbonyl (C=O) groups excluding carboxylic acids is 1. The molecule has 0 saturated heterocycles. The number of hydroxylamine groups is 2. The quantitative estimate of drug-likeness (QED) is 0.795. The third kappa shape index (κ3) is 2.34. The lowest BCUT2D eigenvalue weighted by Crippen LogP contribution is -2.25. The average Bonchev–Trinajstić information content (AvgIpc) is 2.79. The second kappa shape index (κ2) is 5.19. The Kier molecular flexibility index (Phi) is 3.62. The van der Waals surface area contributed by atoms with E-state index in [2.05, 4.69) is 5.10 Å². The maximum atomic E-state index is 13.7. The minimum Gasteiger partial charge on any atom is -0.274 e. The van der Waals surface area contributed by atoms with Gasteiger partial charge in [-0.05, 0) is 19.1 Å². The highest BCUT2D eigenvalue weighted by atomic mass is 19.1. The summed E-state index contributed by atoms with van der Waals surface area (Å²) in [6.45, 7) is 1.70. The fourth-order valence-electron chi connectivity index (χ4n) is 1.74. The van der Waals surface area contributed by atoms with Crippen LogP contribution in [0.4, 0.5) is 4.39 Å². The minimum atomic E-state index is -0.396. The Morgan fingerprint density at radius 2 is 2.11 bits per heavy atom. The first kappa shape index (κ1) is 13.2. The van der Waals surface area contributed by atoms with Crippen molar-refractivity contribution >= 4 is 5.91 Å². The van der Waals surface area contributed by atoms with Crippen LogP contribution < -0.4 is 0 Å². The molecule has 0 saturated carbocycles. The molecule has 1 amide bonds. The van der Waals surface area contributed by atoms with E-state index >= 15 is 0 Å². The molecule has 1 aromatic carbocycles. The molecule has 0 atom stereocenters. The van der Waals surface area contributed by atoms with Gasteiger partial charge in [0.05, 0.1) is 24.6 Å². The summed E-state index contributed by atoms with van der Waals surface area (Å²) in [5.41, 5.74) is 1.23. The first-order chi connectivity index (χ1) is 9.06. The van der Waals surface area contributed by atoms with Gasteiger partial charge in [-0.3, -0.25) is 9.63 Å². The van der Waals surface area contributed by atoms with Crippen LogP contribution in [-0.2, 0) is 4.84 Å². The molecule has 0 bridgehead atoms. The van der Waals surface area contributed by atoms with Gasteiger partial charge in [0.2, 0.25) is 0 Å². The zero-order valence-electron chi connectivity index (χ0n) is 10.9. The lowest BCUT2D eigenvalue weighted by molar-refractivity contribution is -0.0757. The van der Waals surface area contributed by atoms with Crippen molar-refractivity contribution in [1.29, 1.82) is 0 Å². The van der Waals surface area contributed by atoms with Crippen molar-refractivity contribution < 1.29 is 14.0 Å². The molecule has 2 rings (SSSR count). The van der Waals surface area contributed by atoms with Crippen LogP contribution in [0, 0.1) is 12.7 Å². The van der Waals surface area contributed by atoms with Gasteiger partial charge in [-0.2, -0.15) is 5.10 Å². The summed E-state index contributed by atoms with van der Waals surface area (Å²) in [6, 6.07) is 6.26. The molecule has 100 valence electrons. The van der Waals surface area contributed by atoms with E-state index in [1.165, 1.54) is 31.1 Å². The summed E-state index contributed by atoms with van der Waals surface area (Å²) in [7, 11) is 2.90. The third-order valence-corrected chi connectivity index (χ3v) is 2.88. The largest absolute Gasteiger partial charge is 0.280 e. The highest BCUT2D eigenvalue weighted by Gasteiger charge is 2.19. The summed E-state index contributed by atoms with van der Waals surface area (Å²) in [4.78, 5) is 16.8. The Labute approximate surface area is 110 Å². The summed E-state index contributed by atoms with van der Waals surface area (Å²) in [5, 5.41) is 5.15. The maximum Gasteiger partial charge on any atom is 0.280 e. The van der Waals surface area contributed by atoms with Gasteiger partial charge in [0.1, 0.15) is 11.5 Å². The summed E-state index contributed by atoms with van der Waals surface area (Å²) in [6.07, 6.45) is 1.40. The normalized spacial score (nSPS) is 10.5. The highest BCUT2D eigenvalue weighted by molar-refractivity contribution is 5.94. The Bertz CT molecular complexity index is 610. The highest BCUT2D eigenvalue weighted by Crippen LogP contribution is 2.17. The molecule has 0 spiro atoms. The lowest BCUT2D eigenvalue weighted by atomic mass is 10.2. The predicted molar refractivity (Wildman–Crippen MR) is 67.4 cm³/mol. The summed E-state index contributed by atoms with van der Waals surface area (Å²) < 4.78 is 15.1. The number of halogens is 1. The third-order valence-electron chi connectivity index (χ3n) is 2.88. The molecule has 6 heteroatoms. The van der Waals surface area contributed by atoms with Crippen LogP contribution in [-0.4, -0.2) is 34.9 Å². The van der Waals surface area contributed by atoms with Gasteiger partial charge < -0.3 is 0 Å². The predicted octanol–water partition coefficient (Wildman–Crippen LogP) is 1.95.